The third kappa shape index (κ3) is 1.56. The molecular weight excluding hydrogens is 182 g/mol. The predicted octanol–water partition coefficient (Wildman–Crippen LogP) is 0.598. The summed E-state index contributed by atoms with van der Waals surface area (Å²) in [6, 6.07) is 5.08. The Bertz CT molecular complexity index is 351. The Morgan fingerprint density at radius 1 is 1.50 bits per heavy atom. The molecule has 14 heavy (non-hydrogen) atoms. The maximum atomic E-state index is 10.5. The van der Waals surface area contributed by atoms with E-state index in [-0.39, 0.29) is 6.10 Å². The van der Waals surface area contributed by atoms with Gasteiger partial charge in [-0.1, -0.05) is 0 Å². The molecule has 0 fully saturated rings. The average Bonchev–Trinajstić information content (AvgIpc) is 2.27. The predicted molar refractivity (Wildman–Crippen MR) is 50.8 cm³/mol. The van der Waals surface area contributed by atoms with Gasteiger partial charge in [0, 0.05) is 12.1 Å². The Balaban J connectivity index is 2.29. The van der Waals surface area contributed by atoms with Crippen molar-refractivity contribution >= 4 is 6.29 Å². The van der Waals surface area contributed by atoms with Crippen LogP contribution in [0.5, 0.6) is 11.5 Å². The maximum Gasteiger partial charge on any atom is 0.162 e. The molecule has 4 heteroatoms. The molecule has 1 aromatic rings. The number of rotatable bonds is 2. The first-order valence-corrected chi connectivity index (χ1v) is 4.42. The zero-order chi connectivity index (χ0) is 9.97. The van der Waals surface area contributed by atoms with E-state index in [0.29, 0.717) is 30.2 Å². The van der Waals surface area contributed by atoms with Crippen molar-refractivity contribution in [3.05, 3.63) is 23.8 Å². The fraction of sp³-hybridized carbons (Fsp3) is 0.300. The number of ether oxygens (including phenoxy) is 2. The van der Waals surface area contributed by atoms with Crippen LogP contribution in [0, 0.1) is 0 Å². The van der Waals surface area contributed by atoms with Crippen LogP contribution in [0.3, 0.4) is 0 Å². The smallest absolute Gasteiger partial charge is 0.162 e. The van der Waals surface area contributed by atoms with E-state index in [1.807, 2.05) is 0 Å². The van der Waals surface area contributed by atoms with Crippen molar-refractivity contribution in [2.75, 3.05) is 13.2 Å². The summed E-state index contributed by atoms with van der Waals surface area (Å²) < 4.78 is 10.9. The van der Waals surface area contributed by atoms with Crippen LogP contribution in [0.4, 0.5) is 0 Å². The zero-order valence-corrected chi connectivity index (χ0v) is 7.60. The largest absolute Gasteiger partial charge is 0.486 e. The van der Waals surface area contributed by atoms with Crippen LogP contribution in [0.1, 0.15) is 10.4 Å². The summed E-state index contributed by atoms with van der Waals surface area (Å²) >= 11 is 0. The molecule has 1 aromatic carbocycles. The Morgan fingerprint density at radius 3 is 3.07 bits per heavy atom. The van der Waals surface area contributed by atoms with Crippen LogP contribution in [-0.4, -0.2) is 25.5 Å². The van der Waals surface area contributed by atoms with Gasteiger partial charge < -0.3 is 15.2 Å². The van der Waals surface area contributed by atoms with Crippen molar-refractivity contribution in [1.29, 1.82) is 0 Å². The number of benzene rings is 1. The van der Waals surface area contributed by atoms with E-state index in [9.17, 15) is 4.79 Å². The summed E-state index contributed by atoms with van der Waals surface area (Å²) in [5.74, 6) is 1.26. The molecule has 0 bridgehead atoms. The zero-order valence-electron chi connectivity index (χ0n) is 7.60. The van der Waals surface area contributed by atoms with Crippen molar-refractivity contribution in [3.63, 3.8) is 0 Å². The van der Waals surface area contributed by atoms with Gasteiger partial charge in [0.15, 0.2) is 11.5 Å². The van der Waals surface area contributed by atoms with Crippen molar-refractivity contribution in [2.45, 2.75) is 6.10 Å². The van der Waals surface area contributed by atoms with Crippen LogP contribution >= 0.6 is 0 Å². The third-order valence-electron chi connectivity index (χ3n) is 2.09. The van der Waals surface area contributed by atoms with Gasteiger partial charge in [-0.05, 0) is 18.2 Å². The second-order valence-corrected chi connectivity index (χ2v) is 3.11. The number of carbonyl (C=O) groups is 1. The van der Waals surface area contributed by atoms with Crippen LogP contribution in [0.15, 0.2) is 18.2 Å². The van der Waals surface area contributed by atoms with E-state index in [4.69, 9.17) is 15.2 Å². The van der Waals surface area contributed by atoms with E-state index < -0.39 is 0 Å². The number of carbonyl (C=O) groups excluding carboxylic acids is 1. The first kappa shape index (κ1) is 9.02. The summed E-state index contributed by atoms with van der Waals surface area (Å²) in [5.41, 5.74) is 6.03. The van der Waals surface area contributed by atoms with Crippen molar-refractivity contribution in [3.8, 4) is 11.5 Å². The molecule has 1 aliphatic heterocycles. The summed E-state index contributed by atoms with van der Waals surface area (Å²) in [6.45, 7) is 0.870. The minimum absolute atomic E-state index is 0.121. The minimum atomic E-state index is -0.121. The highest BCUT2D eigenvalue weighted by atomic mass is 16.6. The molecule has 1 aliphatic rings. The number of hydrogen-bond acceptors (Lipinski definition) is 4. The molecule has 1 atom stereocenters. The van der Waals surface area contributed by atoms with Gasteiger partial charge in [-0.3, -0.25) is 4.79 Å². The van der Waals surface area contributed by atoms with Crippen LogP contribution in [0.2, 0.25) is 0 Å². The number of nitrogens with two attached hydrogens (primary N) is 1. The lowest BCUT2D eigenvalue weighted by molar-refractivity contribution is 0.0964. The second kappa shape index (κ2) is 3.67. The Kier molecular flexibility index (Phi) is 2.37. The molecule has 0 amide bonds. The highest BCUT2D eigenvalue weighted by Gasteiger charge is 2.19. The van der Waals surface area contributed by atoms with Gasteiger partial charge in [-0.15, -0.1) is 0 Å². The molecule has 0 aromatic heterocycles. The Morgan fingerprint density at radius 2 is 2.36 bits per heavy atom. The van der Waals surface area contributed by atoms with Crippen molar-refractivity contribution in [2.24, 2.45) is 5.73 Å². The van der Waals surface area contributed by atoms with E-state index in [2.05, 4.69) is 0 Å². The van der Waals surface area contributed by atoms with Crippen LogP contribution in [0.25, 0.3) is 0 Å². The lowest BCUT2D eigenvalue weighted by Gasteiger charge is -2.25. The van der Waals surface area contributed by atoms with Crippen molar-refractivity contribution in [1.82, 2.24) is 0 Å². The summed E-state index contributed by atoms with van der Waals surface area (Å²) in [5, 5.41) is 0. The van der Waals surface area contributed by atoms with Gasteiger partial charge in [0.05, 0.1) is 0 Å². The molecule has 74 valence electrons. The average molecular weight is 193 g/mol. The lowest BCUT2D eigenvalue weighted by Crippen LogP contribution is -2.35. The van der Waals surface area contributed by atoms with Gasteiger partial charge in [-0.25, -0.2) is 0 Å². The van der Waals surface area contributed by atoms with Gasteiger partial charge in [0.25, 0.3) is 0 Å². The van der Waals surface area contributed by atoms with E-state index in [1.165, 1.54) is 0 Å². The SMILES string of the molecule is NCC1COc2ccc(C=O)cc2O1. The number of fused-ring (bicyclic) bond motifs is 1. The topological polar surface area (TPSA) is 61.5 Å². The third-order valence-corrected chi connectivity index (χ3v) is 2.09. The molecule has 0 aliphatic carbocycles. The maximum absolute atomic E-state index is 10.5. The molecular formula is C10H11NO3. The molecule has 2 rings (SSSR count). The number of aldehydes is 1. The quantitative estimate of drug-likeness (QED) is 0.698. The Hall–Kier alpha value is -1.55. The summed E-state index contributed by atoms with van der Waals surface area (Å²) in [7, 11) is 0. The highest BCUT2D eigenvalue weighted by Crippen LogP contribution is 2.31. The van der Waals surface area contributed by atoms with Crippen LogP contribution < -0.4 is 15.2 Å². The van der Waals surface area contributed by atoms with Gasteiger partial charge >= 0.3 is 0 Å². The van der Waals surface area contributed by atoms with Crippen LogP contribution in [-0.2, 0) is 0 Å². The first-order chi connectivity index (χ1) is 6.83. The lowest BCUT2D eigenvalue weighted by atomic mass is 10.2. The summed E-state index contributed by atoms with van der Waals surface area (Å²) in [6.07, 6.45) is 0.653. The van der Waals surface area contributed by atoms with Gasteiger partial charge in [0.1, 0.15) is 19.0 Å². The first-order valence-electron chi connectivity index (χ1n) is 4.42. The molecule has 1 unspecified atom stereocenters. The highest BCUT2D eigenvalue weighted by molar-refractivity contribution is 5.76. The van der Waals surface area contributed by atoms with E-state index in [0.717, 1.165) is 6.29 Å². The fourth-order valence-corrected chi connectivity index (χ4v) is 1.32. The minimum Gasteiger partial charge on any atom is -0.486 e. The second-order valence-electron chi connectivity index (χ2n) is 3.11. The van der Waals surface area contributed by atoms with E-state index >= 15 is 0 Å². The molecule has 0 radical (unpaired) electrons. The molecule has 2 N–H and O–H groups in total. The monoisotopic (exact) mass is 193 g/mol. The van der Waals surface area contributed by atoms with Gasteiger partial charge in [-0.2, -0.15) is 0 Å². The normalized spacial score (nSPS) is 19.1. The molecule has 0 saturated heterocycles. The fourth-order valence-electron chi connectivity index (χ4n) is 1.32. The van der Waals surface area contributed by atoms with E-state index in [1.54, 1.807) is 18.2 Å². The molecule has 0 spiro atoms. The van der Waals surface area contributed by atoms with Crippen molar-refractivity contribution < 1.29 is 14.3 Å². The molecule has 4 nitrogen and oxygen atoms in total. The number of hydrogen-bond donors (Lipinski definition) is 1. The Labute approximate surface area is 81.6 Å². The molecule has 0 saturated carbocycles. The van der Waals surface area contributed by atoms with Gasteiger partial charge in [0.2, 0.25) is 0 Å². The summed E-state index contributed by atoms with van der Waals surface area (Å²) in [4.78, 5) is 10.5. The molecule has 1 heterocycles. The standard InChI is InChI=1S/C10H11NO3/c11-4-8-6-13-9-2-1-7(5-12)3-10(9)14-8/h1-3,5,8H,4,6,11H2.